The van der Waals surface area contributed by atoms with Crippen LogP contribution in [-0.4, -0.2) is 24.2 Å². The average Bonchev–Trinajstić information content (AvgIpc) is 3.26. The fourth-order valence-corrected chi connectivity index (χ4v) is 3.74. The van der Waals surface area contributed by atoms with Gasteiger partial charge in [0, 0.05) is 29.2 Å². The summed E-state index contributed by atoms with van der Waals surface area (Å²) in [7, 11) is 0. The SMILES string of the molecule is CCCC(=O)O[C@H]1c2ccccc2[C@@H]2OC(=O)/C(=C/O[C@@H]3C=C(C)C(=O)O3)[C@H]12. The second-order valence-corrected chi connectivity index (χ2v) is 6.97. The zero-order chi connectivity index (χ0) is 19.8. The minimum Gasteiger partial charge on any atom is -0.458 e. The maximum atomic E-state index is 12.5. The van der Waals surface area contributed by atoms with Crippen LogP contribution >= 0.6 is 0 Å². The van der Waals surface area contributed by atoms with Crippen molar-refractivity contribution >= 4 is 17.9 Å². The normalized spacial score (nSPS) is 29.1. The lowest BCUT2D eigenvalue weighted by Gasteiger charge is -2.19. The second kappa shape index (κ2) is 7.14. The Hall–Kier alpha value is -3.09. The number of benzene rings is 1. The van der Waals surface area contributed by atoms with E-state index >= 15 is 0 Å². The summed E-state index contributed by atoms with van der Waals surface area (Å²) in [5, 5.41) is 0. The minimum atomic E-state index is -0.892. The van der Waals surface area contributed by atoms with Crippen molar-refractivity contribution in [2.45, 2.75) is 45.2 Å². The molecule has 4 rings (SSSR count). The molecule has 2 heterocycles. The number of rotatable bonds is 5. The summed E-state index contributed by atoms with van der Waals surface area (Å²) in [6, 6.07) is 7.44. The van der Waals surface area contributed by atoms with Crippen LogP contribution in [-0.2, 0) is 33.3 Å². The Balaban J connectivity index is 1.62. The molecule has 0 radical (unpaired) electrons. The van der Waals surface area contributed by atoms with Crippen molar-refractivity contribution in [2.24, 2.45) is 5.92 Å². The minimum absolute atomic E-state index is 0.254. The summed E-state index contributed by atoms with van der Waals surface area (Å²) in [6.45, 7) is 3.52. The van der Waals surface area contributed by atoms with Gasteiger partial charge in [-0.2, -0.15) is 0 Å². The van der Waals surface area contributed by atoms with E-state index in [9.17, 15) is 14.4 Å². The number of cyclic esters (lactones) is 1. The third-order valence-electron chi connectivity index (χ3n) is 5.06. The molecule has 0 unspecified atom stereocenters. The maximum Gasteiger partial charge on any atom is 0.338 e. The first-order chi connectivity index (χ1) is 13.5. The molecule has 3 aliphatic rings. The van der Waals surface area contributed by atoms with Crippen molar-refractivity contribution in [3.8, 4) is 0 Å². The second-order valence-electron chi connectivity index (χ2n) is 6.97. The average molecular weight is 384 g/mol. The molecule has 1 aliphatic carbocycles. The van der Waals surface area contributed by atoms with E-state index in [1.807, 2.05) is 31.2 Å². The van der Waals surface area contributed by atoms with Crippen molar-refractivity contribution in [1.82, 2.24) is 0 Å². The van der Waals surface area contributed by atoms with E-state index in [1.54, 1.807) is 6.92 Å². The lowest BCUT2D eigenvalue weighted by molar-refractivity contribution is -0.153. The molecule has 28 heavy (non-hydrogen) atoms. The van der Waals surface area contributed by atoms with E-state index in [0.29, 0.717) is 18.4 Å². The summed E-state index contributed by atoms with van der Waals surface area (Å²) >= 11 is 0. The summed E-state index contributed by atoms with van der Waals surface area (Å²) in [5.41, 5.74) is 2.34. The molecule has 7 heteroatoms. The van der Waals surface area contributed by atoms with E-state index in [4.69, 9.17) is 18.9 Å². The van der Waals surface area contributed by atoms with Crippen LogP contribution in [0.25, 0.3) is 0 Å². The molecule has 0 aromatic heterocycles. The van der Waals surface area contributed by atoms with Gasteiger partial charge < -0.3 is 18.9 Å². The van der Waals surface area contributed by atoms with Gasteiger partial charge in [-0.15, -0.1) is 0 Å². The third-order valence-corrected chi connectivity index (χ3v) is 5.06. The number of carbonyl (C=O) groups excluding carboxylic acids is 3. The fraction of sp³-hybridized carbons (Fsp3) is 0.381. The molecule has 1 aromatic carbocycles. The van der Waals surface area contributed by atoms with Crippen LogP contribution in [0.3, 0.4) is 0 Å². The summed E-state index contributed by atoms with van der Waals surface area (Å²) < 4.78 is 21.8. The van der Waals surface area contributed by atoms with Gasteiger partial charge in [0.1, 0.15) is 12.2 Å². The lowest BCUT2D eigenvalue weighted by atomic mass is 9.95. The number of fused-ring (bicyclic) bond motifs is 3. The molecule has 2 aliphatic heterocycles. The maximum absolute atomic E-state index is 12.5. The van der Waals surface area contributed by atoms with Crippen LogP contribution in [0.4, 0.5) is 0 Å². The highest BCUT2D eigenvalue weighted by atomic mass is 16.7. The van der Waals surface area contributed by atoms with Gasteiger partial charge in [0.25, 0.3) is 6.29 Å². The molecule has 4 atom stereocenters. The summed E-state index contributed by atoms with van der Waals surface area (Å²) in [5.74, 6) is -1.83. The first kappa shape index (κ1) is 18.3. The molecule has 0 bridgehead atoms. The van der Waals surface area contributed by atoms with E-state index < -0.39 is 36.4 Å². The standard InChI is InChI=1S/C21H20O7/c1-3-6-15(22)26-18-12-7-4-5-8-13(12)19-17(18)14(21(24)28-19)10-25-16-9-11(2)20(23)27-16/h4-5,7-10,16-19H,3,6H2,1-2H3/b14-10+/t16-,17+,18-,19-/m0/s1. The smallest absolute Gasteiger partial charge is 0.338 e. The van der Waals surface area contributed by atoms with Crippen LogP contribution in [0.15, 0.2) is 47.7 Å². The van der Waals surface area contributed by atoms with Gasteiger partial charge in [-0.05, 0) is 13.3 Å². The van der Waals surface area contributed by atoms with Crippen molar-refractivity contribution < 1.29 is 33.3 Å². The molecule has 1 fully saturated rings. The Kier molecular flexibility index (Phi) is 4.66. The van der Waals surface area contributed by atoms with Gasteiger partial charge in [-0.1, -0.05) is 31.2 Å². The van der Waals surface area contributed by atoms with Gasteiger partial charge >= 0.3 is 17.9 Å². The van der Waals surface area contributed by atoms with Crippen LogP contribution in [0.2, 0.25) is 0 Å². The number of carbonyl (C=O) groups is 3. The Labute approximate surface area is 161 Å². The van der Waals surface area contributed by atoms with Gasteiger partial charge in [-0.3, -0.25) is 4.79 Å². The quantitative estimate of drug-likeness (QED) is 0.334. The predicted molar refractivity (Wildman–Crippen MR) is 95.3 cm³/mol. The topological polar surface area (TPSA) is 88.1 Å². The van der Waals surface area contributed by atoms with E-state index in [2.05, 4.69) is 0 Å². The largest absolute Gasteiger partial charge is 0.458 e. The molecule has 0 N–H and O–H groups in total. The third kappa shape index (κ3) is 3.06. The van der Waals surface area contributed by atoms with E-state index in [-0.39, 0.29) is 11.5 Å². The van der Waals surface area contributed by atoms with Crippen molar-refractivity contribution in [3.05, 3.63) is 58.9 Å². The monoisotopic (exact) mass is 384 g/mol. The van der Waals surface area contributed by atoms with Gasteiger partial charge in [0.2, 0.25) is 0 Å². The zero-order valence-electron chi connectivity index (χ0n) is 15.5. The Morgan fingerprint density at radius 1 is 1.14 bits per heavy atom. The Bertz CT molecular complexity index is 898. The molecule has 7 nitrogen and oxygen atoms in total. The highest BCUT2D eigenvalue weighted by molar-refractivity contribution is 5.92. The van der Waals surface area contributed by atoms with Crippen LogP contribution in [0.1, 0.15) is 50.0 Å². The van der Waals surface area contributed by atoms with Crippen molar-refractivity contribution in [1.29, 1.82) is 0 Å². The van der Waals surface area contributed by atoms with Crippen LogP contribution in [0.5, 0.6) is 0 Å². The van der Waals surface area contributed by atoms with Crippen molar-refractivity contribution in [2.75, 3.05) is 0 Å². The molecule has 1 saturated heterocycles. The molecule has 0 amide bonds. The number of ether oxygens (including phenoxy) is 4. The van der Waals surface area contributed by atoms with Gasteiger partial charge in [-0.25, -0.2) is 9.59 Å². The molecular weight excluding hydrogens is 364 g/mol. The van der Waals surface area contributed by atoms with E-state index in [0.717, 1.165) is 11.1 Å². The molecule has 0 spiro atoms. The van der Waals surface area contributed by atoms with Gasteiger partial charge in [0.15, 0.2) is 0 Å². The number of esters is 3. The molecule has 146 valence electrons. The highest BCUT2D eigenvalue weighted by Crippen LogP contribution is 2.55. The van der Waals surface area contributed by atoms with Crippen LogP contribution in [0, 0.1) is 5.92 Å². The van der Waals surface area contributed by atoms with E-state index in [1.165, 1.54) is 12.3 Å². The molecule has 0 saturated carbocycles. The Morgan fingerprint density at radius 2 is 1.89 bits per heavy atom. The van der Waals surface area contributed by atoms with Gasteiger partial charge in [0.05, 0.1) is 17.8 Å². The summed E-state index contributed by atoms with van der Waals surface area (Å²) in [4.78, 5) is 36.1. The highest BCUT2D eigenvalue weighted by Gasteiger charge is 2.54. The number of hydrogen-bond acceptors (Lipinski definition) is 7. The molecule has 1 aromatic rings. The fourth-order valence-electron chi connectivity index (χ4n) is 3.74. The predicted octanol–water partition coefficient (Wildman–Crippen LogP) is 3.03. The van der Waals surface area contributed by atoms with Crippen molar-refractivity contribution in [3.63, 3.8) is 0 Å². The first-order valence-electron chi connectivity index (χ1n) is 9.23. The summed E-state index contributed by atoms with van der Waals surface area (Å²) in [6.07, 6.45) is 1.68. The van der Waals surface area contributed by atoms with Crippen LogP contribution < -0.4 is 0 Å². The molecular formula is C21H20O7. The lowest BCUT2D eigenvalue weighted by Crippen LogP contribution is -2.19. The zero-order valence-corrected chi connectivity index (χ0v) is 15.5. The Morgan fingerprint density at radius 3 is 2.57 bits per heavy atom. The number of hydrogen-bond donors (Lipinski definition) is 0. The first-order valence-corrected chi connectivity index (χ1v) is 9.23.